The van der Waals surface area contributed by atoms with Crippen LogP contribution in [0.5, 0.6) is 0 Å². The molecule has 0 aliphatic carbocycles. The van der Waals surface area contributed by atoms with Gasteiger partial charge in [0.2, 0.25) is 0 Å². The van der Waals surface area contributed by atoms with E-state index in [4.69, 9.17) is 0 Å². The molecule has 0 heterocycles. The molecule has 4 unspecified atom stereocenters. The maximum absolute atomic E-state index is 10.1. The first kappa shape index (κ1) is 46.0. The van der Waals surface area contributed by atoms with Crippen molar-refractivity contribution in [2.45, 2.75) is 6.92 Å². The minimum absolute atomic E-state index is 0. The molecule has 0 radical (unpaired) electrons. The standard InChI is InChI=1S/C7H8.2HO8P3.3Sr/c1-7-5-3-2-4-6-7;2*1-9(2)7-11(5,6)8-10(3)4;;;/h2-6H,1H3;2*(H,5,6);;;/q;;;3*+2/p-2. The van der Waals surface area contributed by atoms with Gasteiger partial charge in [0, 0.05) is 0 Å². The smallest absolute Gasteiger partial charge is 0.750 e. The third kappa shape index (κ3) is 36.3. The molecule has 1 rings (SSSR count). The summed E-state index contributed by atoms with van der Waals surface area (Å²) in [6, 6.07) is 10.3. The first-order valence-electron chi connectivity index (χ1n) is 6.06. The minimum Gasteiger partial charge on any atom is -0.750 e. The molecular weight excluding hydrogens is 789 g/mol. The fourth-order valence-corrected chi connectivity index (χ4v) is 4.28. The Morgan fingerprint density at radius 1 is 0.625 bits per heavy atom. The Balaban J connectivity index is -0.000000111. The van der Waals surface area contributed by atoms with E-state index in [2.05, 4.69) is 36.3 Å². The Morgan fingerprint density at radius 3 is 0.969 bits per heavy atom. The molecule has 0 saturated heterocycles. The Bertz CT molecular complexity index is 721. The van der Waals surface area contributed by atoms with E-state index in [-0.39, 0.29) is 136 Å². The summed E-state index contributed by atoms with van der Waals surface area (Å²) in [6.45, 7) is 2.08. The number of rotatable bonds is 8. The summed E-state index contributed by atoms with van der Waals surface area (Å²) in [4.78, 5) is 58.4. The summed E-state index contributed by atoms with van der Waals surface area (Å²) in [5, 5.41) is 0. The molecule has 0 aromatic heterocycles. The SMILES string of the molecule is Cc1ccccc1.O=[P+]([O-])OP(=O)([O-])O[P+](=O)[O-].O=[P+]([O-])OP(=O)([O-])O[P+](=O)[O-].[Sr+2].[Sr+2].[Sr+2]. The zero-order chi connectivity index (χ0) is 23.3. The molecule has 0 aliphatic heterocycles. The summed E-state index contributed by atoms with van der Waals surface area (Å²) < 4.78 is 70.8. The molecule has 1 aromatic carbocycles. The number of hydrogen-bond acceptors (Lipinski definition) is 16. The van der Waals surface area contributed by atoms with Crippen LogP contribution in [0.4, 0.5) is 0 Å². The summed E-state index contributed by atoms with van der Waals surface area (Å²) in [5.41, 5.74) is 1.32. The van der Waals surface area contributed by atoms with E-state index >= 15 is 0 Å². The van der Waals surface area contributed by atoms with Gasteiger partial charge < -0.3 is 29.4 Å². The van der Waals surface area contributed by atoms with Gasteiger partial charge in [-0.2, -0.15) is 0 Å². The second-order valence-electron chi connectivity index (χ2n) is 3.77. The van der Waals surface area contributed by atoms with Crippen molar-refractivity contribution in [2.75, 3.05) is 0 Å². The average Bonchev–Trinajstić information content (AvgIpc) is 2.43. The second-order valence-corrected chi connectivity index (χ2v) is 9.96. The zero-order valence-corrected chi connectivity index (χ0v) is 31.5. The number of hydrogen-bond donors (Lipinski definition) is 0. The predicted molar refractivity (Wildman–Crippen MR) is 98.4 cm³/mol. The molecule has 0 N–H and O–H groups in total. The molecular formula is C7H8O16P6Sr3+4. The molecule has 0 fully saturated rings. The predicted octanol–water partition coefficient (Wildman–Crippen LogP) is -2.10. The van der Waals surface area contributed by atoms with Crippen LogP contribution in [0.2, 0.25) is 0 Å². The molecule has 0 aliphatic rings. The van der Waals surface area contributed by atoms with Crippen molar-refractivity contribution in [1.82, 2.24) is 0 Å². The van der Waals surface area contributed by atoms with E-state index in [0.717, 1.165) is 0 Å². The van der Waals surface area contributed by atoms with Crippen molar-refractivity contribution >= 4 is 185 Å². The zero-order valence-electron chi connectivity index (χ0n) is 15.7. The quantitative estimate of drug-likeness (QED) is 0.201. The van der Waals surface area contributed by atoms with Crippen molar-refractivity contribution in [3.8, 4) is 0 Å². The van der Waals surface area contributed by atoms with Gasteiger partial charge in [0.25, 0.3) is 0 Å². The molecule has 0 saturated carbocycles. The molecule has 32 heavy (non-hydrogen) atoms. The average molecular weight is 797 g/mol. The topological polar surface area (TPSA) is 278 Å². The molecule has 4 atom stereocenters. The third-order valence-corrected chi connectivity index (χ3v) is 6.94. The van der Waals surface area contributed by atoms with E-state index in [9.17, 15) is 56.8 Å². The van der Waals surface area contributed by atoms with Gasteiger partial charge in [0.15, 0.2) is 0 Å². The molecule has 1 aromatic rings. The molecule has 25 heteroatoms. The van der Waals surface area contributed by atoms with E-state index in [1.54, 1.807) is 0 Å². The van der Waals surface area contributed by atoms with Gasteiger partial charge in [-0.05, 0) is 25.2 Å². The van der Waals surface area contributed by atoms with Crippen LogP contribution in [-0.2, 0) is 44.6 Å². The molecule has 0 spiro atoms. The van der Waals surface area contributed by atoms with Crippen LogP contribution in [0.1, 0.15) is 5.56 Å². The third-order valence-electron chi connectivity index (χ3n) is 1.61. The summed E-state index contributed by atoms with van der Waals surface area (Å²) in [5.74, 6) is 0. The molecule has 0 bridgehead atoms. The Kier molecular flexibility index (Phi) is 36.5. The number of phosphoric acid groups is 2. The normalized spacial score (nSPS) is 14.8. The van der Waals surface area contributed by atoms with Gasteiger partial charge in [0.1, 0.15) is 0 Å². The van der Waals surface area contributed by atoms with Crippen molar-refractivity contribution < 1.29 is 74.0 Å². The van der Waals surface area contributed by atoms with E-state index in [1.165, 1.54) is 5.56 Å². The Morgan fingerprint density at radius 2 is 0.844 bits per heavy atom. The Labute approximate surface area is 296 Å². The maximum atomic E-state index is 10.1. The van der Waals surface area contributed by atoms with E-state index in [0.29, 0.717) is 0 Å². The second kappa shape index (κ2) is 25.4. The molecule has 16 nitrogen and oxygen atoms in total. The van der Waals surface area contributed by atoms with Crippen LogP contribution in [0.3, 0.4) is 0 Å². The minimum atomic E-state index is -5.25. The largest absolute Gasteiger partial charge is 2.00 e. The summed E-state index contributed by atoms with van der Waals surface area (Å²) >= 11 is 0. The van der Waals surface area contributed by atoms with Gasteiger partial charge in [-0.25, -0.2) is 0 Å². The van der Waals surface area contributed by atoms with Crippen LogP contribution in [-0.4, -0.2) is 136 Å². The Hall–Kier alpha value is 4.12. The van der Waals surface area contributed by atoms with Gasteiger partial charge >= 0.3 is 185 Å². The first-order chi connectivity index (χ1) is 13.1. The fraction of sp³-hybridized carbons (Fsp3) is 0.143. The first-order valence-corrected chi connectivity index (χ1v) is 13.4. The van der Waals surface area contributed by atoms with Crippen molar-refractivity contribution in [1.29, 1.82) is 0 Å². The van der Waals surface area contributed by atoms with Gasteiger partial charge in [-0.1, -0.05) is 53.1 Å². The van der Waals surface area contributed by atoms with E-state index in [1.807, 2.05) is 18.2 Å². The van der Waals surface area contributed by atoms with Crippen molar-refractivity contribution in [3.63, 3.8) is 0 Å². The van der Waals surface area contributed by atoms with Crippen molar-refractivity contribution in [2.24, 2.45) is 0 Å². The van der Waals surface area contributed by atoms with Crippen molar-refractivity contribution in [3.05, 3.63) is 35.9 Å². The van der Waals surface area contributed by atoms with Gasteiger partial charge in [-0.3, -0.25) is 9.13 Å². The number of benzene rings is 1. The molecule has 164 valence electrons. The van der Waals surface area contributed by atoms with Gasteiger partial charge in [0.05, 0.1) is 0 Å². The summed E-state index contributed by atoms with van der Waals surface area (Å²) in [7, 11) is -25.2. The maximum Gasteiger partial charge on any atom is 2.00 e. The fourth-order valence-electron chi connectivity index (χ4n) is 0.891. The molecule has 0 amide bonds. The van der Waals surface area contributed by atoms with Crippen LogP contribution >= 0.6 is 48.7 Å². The van der Waals surface area contributed by atoms with E-state index < -0.39 is 48.7 Å². The monoisotopic (exact) mass is 798 g/mol. The number of aryl methyl sites for hydroxylation is 1. The van der Waals surface area contributed by atoms with Crippen LogP contribution in [0.15, 0.2) is 30.3 Å². The van der Waals surface area contributed by atoms with Crippen LogP contribution in [0.25, 0.3) is 0 Å². The van der Waals surface area contributed by atoms with Crippen LogP contribution < -0.4 is 29.4 Å². The summed E-state index contributed by atoms with van der Waals surface area (Å²) in [6.07, 6.45) is 0. The van der Waals surface area contributed by atoms with Gasteiger partial charge in [-0.15, -0.1) is 0 Å². The van der Waals surface area contributed by atoms with Crippen LogP contribution in [0, 0.1) is 6.92 Å².